The van der Waals surface area contributed by atoms with Gasteiger partial charge in [0.2, 0.25) is 5.91 Å². The van der Waals surface area contributed by atoms with Crippen LogP contribution in [0.25, 0.3) is 0 Å². The molecule has 0 bridgehead atoms. The van der Waals surface area contributed by atoms with E-state index in [1.165, 1.54) is 11.8 Å². The maximum atomic E-state index is 12.7. The van der Waals surface area contributed by atoms with Crippen molar-refractivity contribution < 1.29 is 17.9 Å². The summed E-state index contributed by atoms with van der Waals surface area (Å²) in [4.78, 5) is 14.6. The molecule has 8 heteroatoms. The number of amides is 1. The highest BCUT2D eigenvalue weighted by molar-refractivity contribution is 8.00. The summed E-state index contributed by atoms with van der Waals surface area (Å²) in [7, 11) is -3.69. The van der Waals surface area contributed by atoms with Crippen LogP contribution in [0.4, 0.5) is 11.4 Å². The average molecular weight is 455 g/mol. The third-order valence-electron chi connectivity index (χ3n) is 4.77. The van der Waals surface area contributed by atoms with Crippen LogP contribution in [0.3, 0.4) is 0 Å². The minimum absolute atomic E-state index is 0.00873. The highest BCUT2D eigenvalue weighted by Gasteiger charge is 2.34. The molecule has 0 aliphatic carbocycles. The Morgan fingerprint density at radius 3 is 2.48 bits per heavy atom. The number of carbonyl (C=O) groups excluding carboxylic acids is 1. The molecule has 1 N–H and O–H groups in total. The predicted octanol–water partition coefficient (Wildman–Crippen LogP) is 4.66. The maximum absolute atomic E-state index is 12.7. The summed E-state index contributed by atoms with van der Waals surface area (Å²) < 4.78 is 33.4. The quantitative estimate of drug-likeness (QED) is 0.562. The van der Waals surface area contributed by atoms with Crippen molar-refractivity contribution in [1.82, 2.24) is 0 Å². The molecule has 1 unspecified atom stereocenters. The van der Waals surface area contributed by atoms with E-state index in [4.69, 9.17) is 4.74 Å². The Bertz CT molecular complexity index is 1170. The predicted molar refractivity (Wildman–Crippen MR) is 124 cm³/mol. The molecule has 1 heterocycles. The van der Waals surface area contributed by atoms with Gasteiger partial charge in [-0.15, -0.1) is 11.8 Å². The number of carbonyl (C=O) groups is 1. The van der Waals surface area contributed by atoms with Gasteiger partial charge in [-0.05, 0) is 61.0 Å². The third-order valence-corrected chi connectivity index (χ3v) is 7.38. The van der Waals surface area contributed by atoms with Crippen molar-refractivity contribution in [2.45, 2.75) is 17.2 Å². The molecule has 1 aliphatic heterocycles. The van der Waals surface area contributed by atoms with Crippen molar-refractivity contribution in [3.63, 3.8) is 0 Å². The van der Waals surface area contributed by atoms with Gasteiger partial charge in [0.15, 0.2) is 0 Å². The van der Waals surface area contributed by atoms with Gasteiger partial charge in [0.05, 0.1) is 17.3 Å². The highest BCUT2D eigenvalue weighted by Crippen LogP contribution is 2.42. The monoisotopic (exact) mass is 454 g/mol. The van der Waals surface area contributed by atoms with E-state index in [0.717, 1.165) is 17.0 Å². The van der Waals surface area contributed by atoms with Crippen molar-refractivity contribution in [1.29, 1.82) is 0 Å². The number of ether oxygens (including phenoxy) is 1. The molecule has 160 valence electrons. The molecule has 0 spiro atoms. The number of thioether (sulfide) groups is 1. The molecule has 0 saturated carbocycles. The fourth-order valence-corrected chi connectivity index (χ4v) is 5.63. The number of anilines is 2. The van der Waals surface area contributed by atoms with E-state index in [9.17, 15) is 13.2 Å². The van der Waals surface area contributed by atoms with Crippen LogP contribution in [0.5, 0.6) is 5.75 Å². The highest BCUT2D eigenvalue weighted by atomic mass is 32.2. The first-order valence-corrected chi connectivity index (χ1v) is 12.4. The number of hydrogen-bond acceptors (Lipinski definition) is 5. The number of hydrogen-bond donors (Lipinski definition) is 1. The lowest BCUT2D eigenvalue weighted by Gasteiger charge is -2.25. The molecule has 4 rings (SSSR count). The summed E-state index contributed by atoms with van der Waals surface area (Å²) in [6, 6.07) is 22.8. The molecule has 1 fully saturated rings. The van der Waals surface area contributed by atoms with E-state index in [1.807, 2.05) is 37.3 Å². The number of nitrogens with zero attached hydrogens (tertiary/aromatic N) is 1. The Hall–Kier alpha value is -2.97. The van der Waals surface area contributed by atoms with E-state index in [-0.39, 0.29) is 16.2 Å². The standard InChI is InChI=1S/C23H22N2O4S2/c1-2-29-20-13-11-19(12-14-20)25-22(26)16-30-23(25)17-7-6-8-18(15-17)24-31(27,28)21-9-4-3-5-10-21/h3-15,23-24H,2,16H2,1H3. The minimum Gasteiger partial charge on any atom is -0.494 e. The van der Waals surface area contributed by atoms with E-state index >= 15 is 0 Å². The molecule has 1 saturated heterocycles. The van der Waals surface area contributed by atoms with Crippen LogP contribution in [0.15, 0.2) is 83.8 Å². The van der Waals surface area contributed by atoms with Crippen molar-refractivity contribution in [2.75, 3.05) is 22.0 Å². The van der Waals surface area contributed by atoms with E-state index in [2.05, 4.69) is 4.72 Å². The largest absolute Gasteiger partial charge is 0.494 e. The van der Waals surface area contributed by atoms with Gasteiger partial charge in [0.25, 0.3) is 10.0 Å². The van der Waals surface area contributed by atoms with Gasteiger partial charge in [0, 0.05) is 11.4 Å². The maximum Gasteiger partial charge on any atom is 0.261 e. The summed E-state index contributed by atoms with van der Waals surface area (Å²) >= 11 is 1.51. The lowest BCUT2D eigenvalue weighted by Crippen LogP contribution is -2.27. The first-order chi connectivity index (χ1) is 15.0. The van der Waals surface area contributed by atoms with Gasteiger partial charge < -0.3 is 4.74 Å². The molecule has 1 aliphatic rings. The topological polar surface area (TPSA) is 75.7 Å². The fraction of sp³-hybridized carbons (Fsp3) is 0.174. The van der Waals surface area contributed by atoms with Crippen molar-refractivity contribution in [3.8, 4) is 5.75 Å². The number of nitrogens with one attached hydrogen (secondary N) is 1. The zero-order valence-corrected chi connectivity index (χ0v) is 18.5. The minimum atomic E-state index is -3.69. The molecule has 0 radical (unpaired) electrons. The Morgan fingerprint density at radius 2 is 1.77 bits per heavy atom. The summed E-state index contributed by atoms with van der Waals surface area (Å²) in [5.41, 5.74) is 2.07. The fourth-order valence-electron chi connectivity index (χ4n) is 3.39. The molecule has 0 aromatic heterocycles. The van der Waals surface area contributed by atoms with Crippen LogP contribution in [0.1, 0.15) is 17.9 Å². The lowest BCUT2D eigenvalue weighted by molar-refractivity contribution is -0.115. The van der Waals surface area contributed by atoms with Crippen LogP contribution < -0.4 is 14.4 Å². The molecular formula is C23H22N2O4S2. The third kappa shape index (κ3) is 4.70. The molecule has 3 aromatic carbocycles. The van der Waals surface area contributed by atoms with E-state index in [1.54, 1.807) is 53.4 Å². The Kier molecular flexibility index (Phi) is 6.20. The zero-order valence-electron chi connectivity index (χ0n) is 16.9. The van der Waals surface area contributed by atoms with Crippen LogP contribution in [0.2, 0.25) is 0 Å². The normalized spacial score (nSPS) is 16.4. The second-order valence-corrected chi connectivity index (χ2v) is 9.65. The van der Waals surface area contributed by atoms with Crippen LogP contribution in [-0.4, -0.2) is 26.7 Å². The van der Waals surface area contributed by atoms with Crippen LogP contribution >= 0.6 is 11.8 Å². The number of benzene rings is 3. The van der Waals surface area contributed by atoms with Gasteiger partial charge in [-0.25, -0.2) is 8.42 Å². The zero-order chi connectivity index (χ0) is 21.8. The second kappa shape index (κ2) is 9.03. The molecule has 1 atom stereocenters. The second-order valence-electron chi connectivity index (χ2n) is 6.90. The van der Waals surface area contributed by atoms with Gasteiger partial charge in [-0.3, -0.25) is 14.4 Å². The van der Waals surface area contributed by atoms with Crippen molar-refractivity contribution in [2.24, 2.45) is 0 Å². The van der Waals surface area contributed by atoms with Crippen molar-refractivity contribution >= 4 is 39.1 Å². The molecule has 31 heavy (non-hydrogen) atoms. The summed E-state index contributed by atoms with van der Waals surface area (Å²) in [5.74, 6) is 1.12. The Morgan fingerprint density at radius 1 is 1.03 bits per heavy atom. The average Bonchev–Trinajstić information content (AvgIpc) is 3.16. The van der Waals surface area contributed by atoms with Gasteiger partial charge in [0.1, 0.15) is 11.1 Å². The number of sulfonamides is 1. The Labute approximate surface area is 186 Å². The summed E-state index contributed by atoms with van der Waals surface area (Å²) in [5, 5.41) is -0.244. The smallest absolute Gasteiger partial charge is 0.261 e. The van der Waals surface area contributed by atoms with Gasteiger partial charge in [-0.1, -0.05) is 30.3 Å². The Balaban J connectivity index is 1.59. The van der Waals surface area contributed by atoms with Gasteiger partial charge in [-0.2, -0.15) is 0 Å². The molecule has 3 aromatic rings. The lowest BCUT2D eigenvalue weighted by atomic mass is 10.1. The van der Waals surface area contributed by atoms with Crippen LogP contribution in [0, 0.1) is 0 Å². The molecule has 6 nitrogen and oxygen atoms in total. The van der Waals surface area contributed by atoms with Gasteiger partial charge >= 0.3 is 0 Å². The first-order valence-electron chi connectivity index (χ1n) is 9.82. The van der Waals surface area contributed by atoms with E-state index < -0.39 is 10.0 Å². The molecular weight excluding hydrogens is 432 g/mol. The van der Waals surface area contributed by atoms with Crippen LogP contribution in [-0.2, 0) is 14.8 Å². The summed E-state index contributed by atoms with van der Waals surface area (Å²) in [6.07, 6.45) is 0. The summed E-state index contributed by atoms with van der Waals surface area (Å²) in [6.45, 7) is 2.50. The van der Waals surface area contributed by atoms with Crippen molar-refractivity contribution in [3.05, 3.63) is 84.4 Å². The first kappa shape index (κ1) is 21.3. The number of rotatable bonds is 7. The molecule has 1 amide bonds. The SMILES string of the molecule is CCOc1ccc(N2C(=O)CSC2c2cccc(NS(=O)(=O)c3ccccc3)c2)cc1. The van der Waals surface area contributed by atoms with E-state index in [0.29, 0.717) is 18.0 Å².